The van der Waals surface area contributed by atoms with E-state index in [0.717, 1.165) is 17.1 Å². The molecule has 3 rings (SSSR count). The number of amides is 2. The Balaban J connectivity index is 0.00000182. The van der Waals surface area contributed by atoms with Gasteiger partial charge in [-0.3, -0.25) is 14.0 Å². The molecular formula is C17H27Cl2N5O2S. The first-order valence-electron chi connectivity index (χ1n) is 8.58. The Labute approximate surface area is 175 Å². The van der Waals surface area contributed by atoms with Crippen LogP contribution in [-0.4, -0.2) is 45.2 Å². The largest absolute Gasteiger partial charge is 0.350 e. The monoisotopic (exact) mass is 435 g/mol. The van der Waals surface area contributed by atoms with Gasteiger partial charge in [0.2, 0.25) is 11.8 Å². The first-order valence-corrected chi connectivity index (χ1v) is 9.39. The Hall–Kier alpha value is -1.35. The quantitative estimate of drug-likeness (QED) is 0.771. The molecular weight excluding hydrogens is 409 g/mol. The Morgan fingerprint density at radius 2 is 2.00 bits per heavy atom. The van der Waals surface area contributed by atoms with Crippen LogP contribution in [-0.2, 0) is 16.1 Å². The summed E-state index contributed by atoms with van der Waals surface area (Å²) in [5, 5.41) is 2.97. The van der Waals surface area contributed by atoms with E-state index in [4.69, 9.17) is 5.73 Å². The van der Waals surface area contributed by atoms with E-state index in [9.17, 15) is 9.59 Å². The molecule has 0 bridgehead atoms. The van der Waals surface area contributed by atoms with Gasteiger partial charge < -0.3 is 16.0 Å². The van der Waals surface area contributed by atoms with E-state index in [1.807, 2.05) is 6.20 Å². The Morgan fingerprint density at radius 3 is 2.63 bits per heavy atom. The van der Waals surface area contributed by atoms with Gasteiger partial charge in [0.15, 0.2) is 4.96 Å². The van der Waals surface area contributed by atoms with Gasteiger partial charge in [-0.25, -0.2) is 4.98 Å². The number of aromatic nitrogens is 2. The Kier molecular flexibility index (Phi) is 8.53. The predicted octanol–water partition coefficient (Wildman–Crippen LogP) is 2.06. The summed E-state index contributed by atoms with van der Waals surface area (Å²) in [5.41, 5.74) is 8.04. The van der Waals surface area contributed by atoms with E-state index in [1.165, 1.54) is 17.5 Å². The van der Waals surface area contributed by atoms with Crippen LogP contribution < -0.4 is 11.1 Å². The van der Waals surface area contributed by atoms with Crippen molar-refractivity contribution in [2.24, 2.45) is 11.7 Å². The van der Waals surface area contributed by atoms with Crippen LogP contribution in [0.25, 0.3) is 4.96 Å². The molecule has 2 amide bonds. The van der Waals surface area contributed by atoms with Gasteiger partial charge in [-0.15, -0.1) is 36.2 Å². The molecule has 0 aromatic carbocycles. The number of fused-ring (bicyclic) bond motifs is 1. The molecule has 10 heteroatoms. The standard InChI is InChI=1S/C17H25N5O2S.2ClH/c1-10-11(2)25-17-20-15(9-22(10)17)6-19-16(24)13-4-5-14(18)8-21(7-13)12(3)23;;/h9,13-14H,4-8,18H2,1-3H3,(H,19,24);2*1H/t13-,14+;;/m1../s1. The molecule has 0 aliphatic carbocycles. The van der Waals surface area contributed by atoms with E-state index in [1.54, 1.807) is 16.2 Å². The Morgan fingerprint density at radius 1 is 1.30 bits per heavy atom. The number of rotatable bonds is 3. The first-order chi connectivity index (χ1) is 11.8. The fourth-order valence-corrected chi connectivity index (χ4v) is 4.17. The van der Waals surface area contributed by atoms with Gasteiger partial charge in [-0.2, -0.15) is 0 Å². The molecule has 1 aliphatic rings. The van der Waals surface area contributed by atoms with E-state index < -0.39 is 0 Å². The summed E-state index contributed by atoms with van der Waals surface area (Å²) in [4.78, 5) is 32.7. The number of halogens is 2. The molecule has 0 saturated carbocycles. The number of likely N-dealkylation sites (tertiary alicyclic amines) is 1. The van der Waals surface area contributed by atoms with Gasteiger partial charge in [-0.1, -0.05) is 0 Å². The fourth-order valence-electron chi connectivity index (χ4n) is 3.20. The molecule has 1 fully saturated rings. The number of imidazole rings is 1. The van der Waals surface area contributed by atoms with Crippen LogP contribution in [0.15, 0.2) is 6.20 Å². The van der Waals surface area contributed by atoms with Crippen molar-refractivity contribution in [3.8, 4) is 0 Å². The molecule has 152 valence electrons. The number of aryl methyl sites for hydroxylation is 2. The van der Waals surface area contributed by atoms with Crippen molar-refractivity contribution >= 4 is 52.9 Å². The maximum atomic E-state index is 12.6. The van der Waals surface area contributed by atoms with Crippen molar-refractivity contribution in [3.63, 3.8) is 0 Å². The summed E-state index contributed by atoms with van der Waals surface area (Å²) in [6.07, 6.45) is 3.42. The molecule has 27 heavy (non-hydrogen) atoms. The summed E-state index contributed by atoms with van der Waals surface area (Å²) in [6.45, 7) is 7.02. The van der Waals surface area contributed by atoms with Crippen LogP contribution in [0.1, 0.15) is 36.0 Å². The summed E-state index contributed by atoms with van der Waals surface area (Å²) in [7, 11) is 0. The zero-order valence-electron chi connectivity index (χ0n) is 15.7. The van der Waals surface area contributed by atoms with E-state index >= 15 is 0 Å². The molecule has 0 radical (unpaired) electrons. The van der Waals surface area contributed by atoms with Crippen LogP contribution in [0.5, 0.6) is 0 Å². The average Bonchev–Trinajstić information content (AvgIpc) is 2.98. The van der Waals surface area contributed by atoms with Crippen molar-refractivity contribution in [2.45, 2.75) is 46.2 Å². The number of nitrogens with one attached hydrogen (secondary N) is 1. The number of hydrogen-bond acceptors (Lipinski definition) is 5. The van der Waals surface area contributed by atoms with Crippen LogP contribution in [0.2, 0.25) is 0 Å². The highest BCUT2D eigenvalue weighted by Gasteiger charge is 2.28. The summed E-state index contributed by atoms with van der Waals surface area (Å²) in [5.74, 6) is -0.287. The SMILES string of the molecule is CC(=O)N1C[C@@H](N)CC[C@@H](C(=O)NCc2cn3c(C)c(C)sc3n2)C1.Cl.Cl. The van der Waals surface area contributed by atoms with Crippen molar-refractivity contribution in [3.05, 3.63) is 22.5 Å². The highest BCUT2D eigenvalue weighted by atomic mass is 35.5. The second kappa shape index (κ2) is 9.73. The van der Waals surface area contributed by atoms with E-state index in [2.05, 4.69) is 28.5 Å². The molecule has 1 saturated heterocycles. The average molecular weight is 436 g/mol. The summed E-state index contributed by atoms with van der Waals surface area (Å²) >= 11 is 1.65. The van der Waals surface area contributed by atoms with Gasteiger partial charge in [0.05, 0.1) is 18.2 Å². The summed E-state index contributed by atoms with van der Waals surface area (Å²) in [6, 6.07) is -0.0622. The lowest BCUT2D eigenvalue weighted by atomic mass is 10.0. The lowest BCUT2D eigenvalue weighted by Gasteiger charge is -2.23. The lowest BCUT2D eigenvalue weighted by molar-refractivity contribution is -0.131. The van der Waals surface area contributed by atoms with Crippen molar-refractivity contribution in [1.29, 1.82) is 0 Å². The second-order valence-corrected chi connectivity index (χ2v) is 7.99. The fraction of sp³-hybridized carbons (Fsp3) is 0.588. The number of hydrogen-bond donors (Lipinski definition) is 2. The van der Waals surface area contributed by atoms with Gasteiger partial charge >= 0.3 is 0 Å². The summed E-state index contributed by atoms with van der Waals surface area (Å²) < 4.78 is 2.06. The van der Waals surface area contributed by atoms with Crippen LogP contribution in [0, 0.1) is 19.8 Å². The first kappa shape index (κ1) is 23.7. The van der Waals surface area contributed by atoms with Gasteiger partial charge in [0.1, 0.15) is 0 Å². The van der Waals surface area contributed by atoms with Crippen molar-refractivity contribution < 1.29 is 9.59 Å². The van der Waals surface area contributed by atoms with Crippen LogP contribution in [0.4, 0.5) is 0 Å². The molecule has 0 spiro atoms. The maximum Gasteiger partial charge on any atom is 0.225 e. The lowest BCUT2D eigenvalue weighted by Crippen LogP contribution is -2.42. The molecule has 1 aliphatic heterocycles. The number of nitrogens with zero attached hydrogens (tertiary/aromatic N) is 3. The zero-order chi connectivity index (χ0) is 18.1. The topological polar surface area (TPSA) is 92.7 Å². The minimum atomic E-state index is -0.217. The van der Waals surface area contributed by atoms with Crippen molar-refractivity contribution in [2.75, 3.05) is 13.1 Å². The van der Waals surface area contributed by atoms with E-state index in [0.29, 0.717) is 26.1 Å². The minimum absolute atomic E-state index is 0. The zero-order valence-corrected chi connectivity index (χ0v) is 18.2. The maximum absolute atomic E-state index is 12.6. The third kappa shape index (κ3) is 5.34. The van der Waals surface area contributed by atoms with Crippen LogP contribution in [0.3, 0.4) is 0 Å². The second-order valence-electron chi connectivity index (χ2n) is 6.80. The number of carbonyl (C=O) groups is 2. The van der Waals surface area contributed by atoms with Gasteiger partial charge in [0, 0.05) is 42.8 Å². The van der Waals surface area contributed by atoms with E-state index in [-0.39, 0.29) is 48.6 Å². The predicted molar refractivity (Wildman–Crippen MR) is 112 cm³/mol. The number of nitrogens with two attached hydrogens (primary N) is 1. The molecule has 7 nitrogen and oxygen atoms in total. The molecule has 0 unspecified atom stereocenters. The van der Waals surface area contributed by atoms with Crippen molar-refractivity contribution in [1.82, 2.24) is 19.6 Å². The molecule has 2 atom stereocenters. The third-order valence-corrected chi connectivity index (χ3v) is 5.95. The van der Waals surface area contributed by atoms with Gasteiger partial charge in [-0.05, 0) is 26.7 Å². The highest BCUT2D eigenvalue weighted by Crippen LogP contribution is 2.22. The third-order valence-electron chi connectivity index (χ3n) is 4.88. The van der Waals surface area contributed by atoms with Gasteiger partial charge in [0.25, 0.3) is 0 Å². The number of thiazole rings is 1. The number of carbonyl (C=O) groups excluding carboxylic acids is 2. The molecule has 3 heterocycles. The smallest absolute Gasteiger partial charge is 0.225 e. The minimum Gasteiger partial charge on any atom is -0.350 e. The molecule has 2 aromatic heterocycles. The normalized spacial score (nSPS) is 19.8. The Bertz CT molecular complexity index is 807. The van der Waals surface area contributed by atoms with Crippen LogP contribution >= 0.6 is 36.2 Å². The molecule has 3 N–H and O–H groups in total. The molecule has 2 aromatic rings. The highest BCUT2D eigenvalue weighted by molar-refractivity contribution is 7.17.